The molecule has 2 atom stereocenters. The normalized spacial score (nSPS) is 15.0. The van der Waals surface area contributed by atoms with E-state index in [9.17, 15) is 0 Å². The molecule has 1 aromatic carbocycles. The number of hydrogen-bond acceptors (Lipinski definition) is 2. The molecule has 84 valence electrons. The van der Waals surface area contributed by atoms with E-state index < -0.39 is 0 Å². The van der Waals surface area contributed by atoms with Crippen LogP contribution in [-0.2, 0) is 0 Å². The Bertz CT molecular complexity index is 300. The number of nitrogens with one attached hydrogen (secondary N) is 1. The van der Waals surface area contributed by atoms with Crippen molar-refractivity contribution in [3.8, 4) is 0 Å². The molecule has 0 saturated carbocycles. The van der Waals surface area contributed by atoms with Crippen LogP contribution in [0.2, 0.25) is 0 Å². The lowest BCUT2D eigenvalue weighted by Gasteiger charge is -2.25. The maximum absolute atomic E-state index is 5.67. The Hall–Kier alpha value is -0.860. The Labute approximate surface area is 92.8 Å². The summed E-state index contributed by atoms with van der Waals surface area (Å²) in [5.41, 5.74) is 6.94. The van der Waals surface area contributed by atoms with Crippen LogP contribution in [0.4, 0.5) is 0 Å². The predicted molar refractivity (Wildman–Crippen MR) is 65.4 cm³/mol. The Morgan fingerprint density at radius 3 is 2.20 bits per heavy atom. The van der Waals surface area contributed by atoms with E-state index >= 15 is 0 Å². The highest BCUT2D eigenvalue weighted by atomic mass is 15.2. The summed E-state index contributed by atoms with van der Waals surface area (Å²) in [5, 5.41) is 0. The largest absolute Gasteiger partial charge is 0.271 e. The van der Waals surface area contributed by atoms with Crippen molar-refractivity contribution in [2.45, 2.75) is 40.2 Å². The minimum absolute atomic E-state index is 0.260. The lowest BCUT2D eigenvalue weighted by atomic mass is 9.87. The van der Waals surface area contributed by atoms with Gasteiger partial charge in [0.25, 0.3) is 0 Å². The van der Waals surface area contributed by atoms with E-state index in [0.717, 1.165) is 6.42 Å². The summed E-state index contributed by atoms with van der Waals surface area (Å²) >= 11 is 0. The predicted octanol–water partition coefficient (Wildman–Crippen LogP) is 2.85. The van der Waals surface area contributed by atoms with E-state index in [1.165, 1.54) is 16.7 Å². The fourth-order valence-electron chi connectivity index (χ4n) is 2.09. The molecular formula is C13H22N2. The SMILES string of the molecule is CCC(C)C(NN)c1c(C)cccc1C. The molecule has 2 unspecified atom stereocenters. The number of nitrogens with two attached hydrogens (primary N) is 1. The molecule has 0 amide bonds. The van der Waals surface area contributed by atoms with Gasteiger partial charge in [-0.05, 0) is 36.5 Å². The van der Waals surface area contributed by atoms with Crippen molar-refractivity contribution in [1.82, 2.24) is 5.43 Å². The number of hydrazine groups is 1. The maximum atomic E-state index is 5.67. The van der Waals surface area contributed by atoms with Crippen molar-refractivity contribution < 1.29 is 0 Å². The van der Waals surface area contributed by atoms with E-state index in [1.54, 1.807) is 0 Å². The first-order valence-electron chi connectivity index (χ1n) is 5.64. The second-order valence-electron chi connectivity index (χ2n) is 4.34. The number of rotatable bonds is 4. The maximum Gasteiger partial charge on any atom is 0.0490 e. The van der Waals surface area contributed by atoms with Crippen LogP contribution in [0.15, 0.2) is 18.2 Å². The molecule has 0 radical (unpaired) electrons. The molecule has 0 aromatic heterocycles. The third kappa shape index (κ3) is 2.58. The van der Waals surface area contributed by atoms with Crippen LogP contribution >= 0.6 is 0 Å². The molecule has 0 aliphatic rings. The van der Waals surface area contributed by atoms with Gasteiger partial charge in [0.1, 0.15) is 0 Å². The summed E-state index contributed by atoms with van der Waals surface area (Å²) < 4.78 is 0. The van der Waals surface area contributed by atoms with Crippen LogP contribution in [0.1, 0.15) is 43.0 Å². The van der Waals surface area contributed by atoms with Gasteiger partial charge in [-0.2, -0.15) is 0 Å². The van der Waals surface area contributed by atoms with E-state index in [1.807, 2.05) is 0 Å². The molecule has 0 aliphatic carbocycles. The van der Waals surface area contributed by atoms with Crippen molar-refractivity contribution in [3.05, 3.63) is 34.9 Å². The van der Waals surface area contributed by atoms with Gasteiger partial charge in [0.15, 0.2) is 0 Å². The molecule has 2 nitrogen and oxygen atoms in total. The Kier molecular flexibility index (Phi) is 4.30. The molecule has 0 bridgehead atoms. The van der Waals surface area contributed by atoms with E-state index in [4.69, 9.17) is 5.84 Å². The fourth-order valence-corrected chi connectivity index (χ4v) is 2.09. The molecule has 1 aromatic rings. The smallest absolute Gasteiger partial charge is 0.0490 e. The van der Waals surface area contributed by atoms with Gasteiger partial charge in [-0.15, -0.1) is 0 Å². The molecular weight excluding hydrogens is 184 g/mol. The van der Waals surface area contributed by atoms with Crippen LogP contribution in [0.5, 0.6) is 0 Å². The van der Waals surface area contributed by atoms with Gasteiger partial charge in [0.05, 0.1) is 0 Å². The van der Waals surface area contributed by atoms with Gasteiger partial charge in [-0.25, -0.2) is 0 Å². The highest BCUT2D eigenvalue weighted by Crippen LogP contribution is 2.28. The van der Waals surface area contributed by atoms with E-state index in [2.05, 4.69) is 51.3 Å². The van der Waals surface area contributed by atoms with E-state index in [-0.39, 0.29) is 6.04 Å². The van der Waals surface area contributed by atoms with Crippen molar-refractivity contribution in [2.75, 3.05) is 0 Å². The first kappa shape index (κ1) is 12.2. The van der Waals surface area contributed by atoms with Crippen LogP contribution in [0, 0.1) is 19.8 Å². The minimum atomic E-state index is 0.260. The summed E-state index contributed by atoms with van der Waals surface area (Å²) in [5.74, 6) is 6.22. The Morgan fingerprint density at radius 2 is 1.80 bits per heavy atom. The van der Waals surface area contributed by atoms with Crippen molar-refractivity contribution in [3.63, 3.8) is 0 Å². The van der Waals surface area contributed by atoms with Gasteiger partial charge < -0.3 is 0 Å². The summed E-state index contributed by atoms with van der Waals surface area (Å²) in [6, 6.07) is 6.65. The monoisotopic (exact) mass is 206 g/mol. The van der Waals surface area contributed by atoms with Crippen molar-refractivity contribution in [1.29, 1.82) is 0 Å². The zero-order chi connectivity index (χ0) is 11.4. The second kappa shape index (κ2) is 5.29. The minimum Gasteiger partial charge on any atom is -0.271 e. The zero-order valence-corrected chi connectivity index (χ0v) is 10.2. The van der Waals surface area contributed by atoms with Gasteiger partial charge in [0, 0.05) is 6.04 Å². The molecule has 0 heterocycles. The summed E-state index contributed by atoms with van der Waals surface area (Å²) in [6.07, 6.45) is 1.13. The lowest BCUT2D eigenvalue weighted by Crippen LogP contribution is -2.33. The quantitative estimate of drug-likeness (QED) is 0.587. The molecule has 0 spiro atoms. The molecule has 0 aliphatic heterocycles. The number of aryl methyl sites for hydroxylation is 2. The fraction of sp³-hybridized carbons (Fsp3) is 0.538. The van der Waals surface area contributed by atoms with Crippen LogP contribution < -0.4 is 11.3 Å². The first-order chi connectivity index (χ1) is 7.11. The third-order valence-electron chi connectivity index (χ3n) is 3.25. The molecule has 0 saturated heterocycles. The van der Waals surface area contributed by atoms with Crippen molar-refractivity contribution in [2.24, 2.45) is 11.8 Å². The highest BCUT2D eigenvalue weighted by Gasteiger charge is 2.19. The standard InChI is InChI=1S/C13H22N2/c1-5-9(2)13(15-14)12-10(3)7-6-8-11(12)4/h6-9,13,15H,5,14H2,1-4H3. The average Bonchev–Trinajstić information content (AvgIpc) is 2.22. The zero-order valence-electron chi connectivity index (χ0n) is 10.2. The third-order valence-corrected chi connectivity index (χ3v) is 3.25. The molecule has 3 N–H and O–H groups in total. The van der Waals surface area contributed by atoms with Gasteiger partial charge >= 0.3 is 0 Å². The van der Waals surface area contributed by atoms with Crippen molar-refractivity contribution >= 4 is 0 Å². The first-order valence-corrected chi connectivity index (χ1v) is 5.64. The average molecular weight is 206 g/mol. The molecule has 2 heteroatoms. The van der Waals surface area contributed by atoms with Gasteiger partial charge in [-0.1, -0.05) is 38.5 Å². The number of hydrogen-bond donors (Lipinski definition) is 2. The van der Waals surface area contributed by atoms with Gasteiger partial charge in [0.2, 0.25) is 0 Å². The molecule has 1 rings (SSSR count). The Balaban J connectivity index is 3.11. The van der Waals surface area contributed by atoms with Crippen LogP contribution in [-0.4, -0.2) is 0 Å². The molecule has 0 fully saturated rings. The topological polar surface area (TPSA) is 38.0 Å². The summed E-state index contributed by atoms with van der Waals surface area (Å²) in [6.45, 7) is 8.73. The summed E-state index contributed by atoms with van der Waals surface area (Å²) in [4.78, 5) is 0. The van der Waals surface area contributed by atoms with Gasteiger partial charge in [-0.3, -0.25) is 11.3 Å². The summed E-state index contributed by atoms with van der Waals surface area (Å²) in [7, 11) is 0. The Morgan fingerprint density at radius 1 is 1.27 bits per heavy atom. The number of benzene rings is 1. The lowest BCUT2D eigenvalue weighted by molar-refractivity contribution is 0.380. The second-order valence-corrected chi connectivity index (χ2v) is 4.34. The van der Waals surface area contributed by atoms with Crippen LogP contribution in [0.3, 0.4) is 0 Å². The molecule has 15 heavy (non-hydrogen) atoms. The van der Waals surface area contributed by atoms with E-state index in [0.29, 0.717) is 5.92 Å². The highest BCUT2D eigenvalue weighted by molar-refractivity contribution is 5.36. The van der Waals surface area contributed by atoms with Crippen LogP contribution in [0.25, 0.3) is 0 Å².